The summed E-state index contributed by atoms with van der Waals surface area (Å²) in [6.45, 7) is 1.63. The molecule has 0 aromatic carbocycles. The summed E-state index contributed by atoms with van der Waals surface area (Å²) >= 11 is 4.68. The topological polar surface area (TPSA) is 46.5 Å². The summed E-state index contributed by atoms with van der Waals surface area (Å²) in [5.74, 6) is -0.965. The van der Waals surface area contributed by atoms with Gasteiger partial charge in [0.25, 0.3) is 0 Å². The van der Waals surface area contributed by atoms with Crippen molar-refractivity contribution in [3.8, 4) is 5.06 Å². The van der Waals surface area contributed by atoms with E-state index in [4.69, 9.17) is 9.84 Å². The zero-order valence-electron chi connectivity index (χ0n) is 6.33. The van der Waals surface area contributed by atoms with Crippen molar-refractivity contribution in [2.45, 2.75) is 6.92 Å². The van der Waals surface area contributed by atoms with Crippen LogP contribution >= 0.6 is 27.3 Å². The molecule has 0 atom stereocenters. The number of thiophene rings is 1. The van der Waals surface area contributed by atoms with Crippen molar-refractivity contribution in [2.75, 3.05) is 6.61 Å². The quantitative estimate of drug-likeness (QED) is 0.896. The first-order chi connectivity index (χ1) is 5.61. The summed E-state index contributed by atoms with van der Waals surface area (Å²) < 4.78 is 5.83. The molecule has 12 heavy (non-hydrogen) atoms. The summed E-state index contributed by atoms with van der Waals surface area (Å²) in [7, 11) is 0. The predicted molar refractivity (Wildman–Crippen MR) is 49.9 cm³/mol. The summed E-state index contributed by atoms with van der Waals surface area (Å²) in [6, 6.07) is 0. The van der Waals surface area contributed by atoms with E-state index in [-0.39, 0.29) is 6.61 Å². The number of carboxylic acids is 1. The van der Waals surface area contributed by atoms with Crippen LogP contribution in [0.1, 0.15) is 5.56 Å². The van der Waals surface area contributed by atoms with Crippen molar-refractivity contribution in [3.63, 3.8) is 0 Å². The number of aryl methyl sites for hydroxylation is 1. The van der Waals surface area contributed by atoms with Gasteiger partial charge >= 0.3 is 5.97 Å². The number of carbonyl (C=O) groups is 1. The highest BCUT2D eigenvalue weighted by Crippen LogP contribution is 2.34. The van der Waals surface area contributed by atoms with Crippen LogP contribution in [0.15, 0.2) is 9.85 Å². The molecular formula is C7H7BrO3S. The Morgan fingerprint density at radius 3 is 2.92 bits per heavy atom. The van der Waals surface area contributed by atoms with Crippen LogP contribution in [-0.4, -0.2) is 17.7 Å². The van der Waals surface area contributed by atoms with E-state index in [0.717, 1.165) is 10.0 Å². The van der Waals surface area contributed by atoms with E-state index in [1.165, 1.54) is 11.3 Å². The molecule has 0 fully saturated rings. The number of hydrogen-bond acceptors (Lipinski definition) is 3. The lowest BCUT2D eigenvalue weighted by atomic mass is 10.4. The third-order valence-corrected chi connectivity index (χ3v) is 3.45. The molecule has 0 unspecified atom stereocenters. The highest BCUT2D eigenvalue weighted by Gasteiger charge is 2.07. The van der Waals surface area contributed by atoms with Crippen LogP contribution in [0.5, 0.6) is 5.06 Å². The highest BCUT2D eigenvalue weighted by atomic mass is 79.9. The number of hydrogen-bond donors (Lipinski definition) is 1. The molecule has 1 rings (SSSR count). The van der Waals surface area contributed by atoms with E-state index < -0.39 is 5.97 Å². The second-order valence-electron chi connectivity index (χ2n) is 2.20. The smallest absolute Gasteiger partial charge is 0.341 e. The highest BCUT2D eigenvalue weighted by molar-refractivity contribution is 9.10. The number of halogens is 1. The zero-order chi connectivity index (χ0) is 9.14. The fraction of sp³-hybridized carbons (Fsp3) is 0.286. The monoisotopic (exact) mass is 250 g/mol. The molecule has 3 nitrogen and oxygen atoms in total. The average Bonchev–Trinajstić information content (AvgIpc) is 2.30. The van der Waals surface area contributed by atoms with Crippen LogP contribution in [0, 0.1) is 6.92 Å². The minimum Gasteiger partial charge on any atom is -0.479 e. The van der Waals surface area contributed by atoms with Crippen LogP contribution in [0.3, 0.4) is 0 Å². The largest absolute Gasteiger partial charge is 0.479 e. The number of rotatable bonds is 3. The third kappa shape index (κ3) is 2.22. The van der Waals surface area contributed by atoms with Gasteiger partial charge in [-0.25, -0.2) is 4.79 Å². The minimum absolute atomic E-state index is 0.293. The molecule has 0 aliphatic carbocycles. The van der Waals surface area contributed by atoms with E-state index in [1.807, 2.05) is 12.3 Å². The molecule has 0 saturated carbocycles. The Hall–Kier alpha value is -0.550. The van der Waals surface area contributed by atoms with Crippen LogP contribution in [0.25, 0.3) is 0 Å². The van der Waals surface area contributed by atoms with E-state index in [1.54, 1.807) is 0 Å². The van der Waals surface area contributed by atoms with Gasteiger partial charge in [-0.1, -0.05) is 0 Å². The predicted octanol–water partition coefficient (Wildman–Crippen LogP) is 2.28. The molecule has 1 aromatic heterocycles. The van der Waals surface area contributed by atoms with Gasteiger partial charge in [-0.3, -0.25) is 0 Å². The molecule has 1 aromatic rings. The Morgan fingerprint density at radius 2 is 2.50 bits per heavy atom. The maximum atomic E-state index is 10.2. The summed E-state index contributed by atoms with van der Waals surface area (Å²) in [5, 5.41) is 10.9. The van der Waals surface area contributed by atoms with Crippen molar-refractivity contribution >= 4 is 33.2 Å². The van der Waals surface area contributed by atoms with Gasteiger partial charge in [0, 0.05) is 0 Å². The van der Waals surface area contributed by atoms with Crippen LogP contribution in [0.4, 0.5) is 0 Å². The number of aliphatic carboxylic acids is 1. The Morgan fingerprint density at radius 1 is 1.83 bits per heavy atom. The van der Waals surface area contributed by atoms with Gasteiger partial charge in [0.1, 0.15) is 0 Å². The Labute approximate surface area is 82.1 Å². The van der Waals surface area contributed by atoms with Crippen LogP contribution in [-0.2, 0) is 4.79 Å². The molecule has 0 saturated heterocycles. The molecule has 1 N–H and O–H groups in total. The van der Waals surface area contributed by atoms with Gasteiger partial charge in [-0.15, -0.1) is 11.3 Å². The van der Waals surface area contributed by atoms with E-state index >= 15 is 0 Å². The molecule has 0 amide bonds. The molecule has 0 spiro atoms. The number of carboxylic acid groups (broad SMARTS) is 1. The molecule has 0 bridgehead atoms. The van der Waals surface area contributed by atoms with Gasteiger partial charge < -0.3 is 9.84 Å². The van der Waals surface area contributed by atoms with E-state index in [2.05, 4.69) is 15.9 Å². The second-order valence-corrected chi connectivity index (χ2v) is 3.84. The summed E-state index contributed by atoms with van der Waals surface area (Å²) in [6.07, 6.45) is 0. The summed E-state index contributed by atoms with van der Waals surface area (Å²) in [5.41, 5.74) is 1.06. The Bertz CT molecular complexity index is 295. The molecule has 66 valence electrons. The SMILES string of the molecule is Cc1csc(OCC(=O)O)c1Br. The van der Waals surface area contributed by atoms with Gasteiger partial charge in [-0.05, 0) is 33.8 Å². The molecular weight excluding hydrogens is 244 g/mol. The minimum atomic E-state index is -0.965. The Kier molecular flexibility index (Phi) is 3.11. The first-order valence-corrected chi connectivity index (χ1v) is 4.86. The van der Waals surface area contributed by atoms with Crippen LogP contribution < -0.4 is 4.74 Å². The maximum Gasteiger partial charge on any atom is 0.341 e. The van der Waals surface area contributed by atoms with Gasteiger partial charge in [0.05, 0.1) is 4.47 Å². The van der Waals surface area contributed by atoms with Gasteiger partial charge in [0.2, 0.25) is 0 Å². The van der Waals surface area contributed by atoms with Crippen molar-refractivity contribution < 1.29 is 14.6 Å². The van der Waals surface area contributed by atoms with E-state index in [9.17, 15) is 4.79 Å². The fourth-order valence-electron chi connectivity index (χ4n) is 0.631. The van der Waals surface area contributed by atoms with Crippen LogP contribution in [0.2, 0.25) is 0 Å². The molecule has 5 heteroatoms. The number of ether oxygens (including phenoxy) is 1. The zero-order valence-corrected chi connectivity index (χ0v) is 8.74. The fourth-order valence-corrected chi connectivity index (χ4v) is 2.08. The normalized spacial score (nSPS) is 9.83. The van der Waals surface area contributed by atoms with Gasteiger partial charge in [0.15, 0.2) is 11.7 Å². The first kappa shape index (κ1) is 9.54. The van der Waals surface area contributed by atoms with E-state index in [0.29, 0.717) is 5.06 Å². The average molecular weight is 251 g/mol. The van der Waals surface area contributed by atoms with Crippen molar-refractivity contribution in [2.24, 2.45) is 0 Å². The maximum absolute atomic E-state index is 10.2. The first-order valence-electron chi connectivity index (χ1n) is 3.19. The Balaban J connectivity index is 2.63. The lowest BCUT2D eigenvalue weighted by Crippen LogP contribution is -2.08. The lowest BCUT2D eigenvalue weighted by Gasteiger charge is -1.99. The van der Waals surface area contributed by atoms with Crippen molar-refractivity contribution in [3.05, 3.63) is 15.4 Å². The molecule has 0 aliphatic rings. The summed E-state index contributed by atoms with van der Waals surface area (Å²) in [4.78, 5) is 10.2. The molecule has 1 heterocycles. The molecule has 0 radical (unpaired) electrons. The lowest BCUT2D eigenvalue weighted by molar-refractivity contribution is -0.139. The third-order valence-electron chi connectivity index (χ3n) is 1.19. The second kappa shape index (κ2) is 3.91. The van der Waals surface area contributed by atoms with Crippen molar-refractivity contribution in [1.29, 1.82) is 0 Å². The standard InChI is InChI=1S/C7H7BrO3S/c1-4-3-12-7(6(4)8)11-2-5(9)10/h3H,2H2,1H3,(H,9,10). The van der Waals surface area contributed by atoms with Gasteiger partial charge in [-0.2, -0.15) is 0 Å². The van der Waals surface area contributed by atoms with Crippen molar-refractivity contribution in [1.82, 2.24) is 0 Å². The molecule has 0 aliphatic heterocycles.